The van der Waals surface area contributed by atoms with Gasteiger partial charge in [-0.2, -0.15) is 0 Å². The molecule has 0 radical (unpaired) electrons. The van der Waals surface area contributed by atoms with Crippen molar-refractivity contribution < 1.29 is 18.7 Å². The van der Waals surface area contributed by atoms with Crippen LogP contribution in [0.4, 0.5) is 8.78 Å². The van der Waals surface area contributed by atoms with E-state index in [-0.39, 0.29) is 15.5 Å². The van der Waals surface area contributed by atoms with Gasteiger partial charge < -0.3 is 5.11 Å². The summed E-state index contributed by atoms with van der Waals surface area (Å²) in [4.78, 5) is 14.0. The topological polar surface area (TPSA) is 50.2 Å². The summed E-state index contributed by atoms with van der Waals surface area (Å²) in [7, 11) is 0. The lowest BCUT2D eigenvalue weighted by Gasteiger charge is -2.06. The van der Waals surface area contributed by atoms with Gasteiger partial charge in [0, 0.05) is 4.47 Å². The fraction of sp³-hybridized carbons (Fsp3) is 0.250. The highest BCUT2D eigenvalue weighted by atomic mass is 79.9. The standard InChI is InChI=1S/C8H5Br2F2NO2/c9-4-1-3(2-5(14)15)7(10)13-6(4)8(11)12/h1,8H,2H2,(H,14,15). The Morgan fingerprint density at radius 2 is 2.13 bits per heavy atom. The third kappa shape index (κ3) is 3.20. The average molecular weight is 345 g/mol. The lowest BCUT2D eigenvalue weighted by Crippen LogP contribution is -2.04. The van der Waals surface area contributed by atoms with E-state index in [9.17, 15) is 13.6 Å². The van der Waals surface area contributed by atoms with Crippen molar-refractivity contribution in [2.75, 3.05) is 0 Å². The van der Waals surface area contributed by atoms with Crippen LogP contribution in [0.1, 0.15) is 17.7 Å². The monoisotopic (exact) mass is 343 g/mol. The van der Waals surface area contributed by atoms with E-state index in [1.165, 1.54) is 6.07 Å². The normalized spacial score (nSPS) is 10.7. The highest BCUT2D eigenvalue weighted by molar-refractivity contribution is 9.11. The van der Waals surface area contributed by atoms with Gasteiger partial charge in [-0.3, -0.25) is 4.79 Å². The Labute approximate surface area is 101 Å². The molecule has 1 heterocycles. The molecule has 0 aromatic carbocycles. The molecule has 0 saturated carbocycles. The van der Waals surface area contributed by atoms with Crippen molar-refractivity contribution in [1.29, 1.82) is 0 Å². The number of hydrogen-bond donors (Lipinski definition) is 1. The van der Waals surface area contributed by atoms with Crippen LogP contribution in [0.25, 0.3) is 0 Å². The van der Waals surface area contributed by atoms with E-state index in [4.69, 9.17) is 5.11 Å². The van der Waals surface area contributed by atoms with Crippen LogP contribution in [0.5, 0.6) is 0 Å². The molecule has 1 aromatic rings. The van der Waals surface area contributed by atoms with Crippen molar-refractivity contribution >= 4 is 37.8 Å². The van der Waals surface area contributed by atoms with Crippen molar-refractivity contribution in [3.05, 3.63) is 26.4 Å². The first kappa shape index (κ1) is 12.5. The Kier molecular flexibility index (Phi) is 4.15. The van der Waals surface area contributed by atoms with Gasteiger partial charge in [0.2, 0.25) is 0 Å². The fourth-order valence-electron chi connectivity index (χ4n) is 0.957. The first-order valence-corrected chi connectivity index (χ1v) is 5.35. The molecule has 82 valence electrons. The largest absolute Gasteiger partial charge is 0.481 e. The van der Waals surface area contributed by atoms with E-state index in [0.717, 1.165) is 0 Å². The van der Waals surface area contributed by atoms with Crippen molar-refractivity contribution in [1.82, 2.24) is 4.98 Å². The minimum absolute atomic E-state index is 0.108. The van der Waals surface area contributed by atoms with Crippen molar-refractivity contribution in [3.8, 4) is 0 Å². The maximum atomic E-state index is 12.4. The second-order valence-corrected chi connectivity index (χ2v) is 4.28. The van der Waals surface area contributed by atoms with Gasteiger partial charge in [0.1, 0.15) is 10.3 Å². The number of nitrogens with zero attached hydrogens (tertiary/aromatic N) is 1. The van der Waals surface area contributed by atoms with E-state index < -0.39 is 18.1 Å². The van der Waals surface area contributed by atoms with E-state index >= 15 is 0 Å². The third-order valence-electron chi connectivity index (χ3n) is 1.58. The number of alkyl halides is 2. The summed E-state index contributed by atoms with van der Waals surface area (Å²) in [5, 5.41) is 8.55. The summed E-state index contributed by atoms with van der Waals surface area (Å²) in [5.41, 5.74) is -0.0604. The molecule has 0 aliphatic heterocycles. The SMILES string of the molecule is O=C(O)Cc1cc(Br)c(C(F)F)nc1Br. The number of carboxylic acid groups (broad SMARTS) is 1. The molecule has 3 nitrogen and oxygen atoms in total. The molecule has 1 N–H and O–H groups in total. The van der Waals surface area contributed by atoms with Gasteiger partial charge in [-0.25, -0.2) is 13.8 Å². The van der Waals surface area contributed by atoms with Crippen LogP contribution in [0, 0.1) is 0 Å². The minimum Gasteiger partial charge on any atom is -0.481 e. The first-order chi connectivity index (χ1) is 6.91. The molecular weight excluding hydrogens is 340 g/mol. The summed E-state index contributed by atoms with van der Waals surface area (Å²) in [6, 6.07) is 1.33. The van der Waals surface area contributed by atoms with E-state index in [1.54, 1.807) is 0 Å². The van der Waals surface area contributed by atoms with E-state index in [1.807, 2.05) is 0 Å². The van der Waals surface area contributed by atoms with Crippen LogP contribution in [-0.2, 0) is 11.2 Å². The first-order valence-electron chi connectivity index (χ1n) is 3.76. The van der Waals surface area contributed by atoms with Crippen LogP contribution in [-0.4, -0.2) is 16.1 Å². The summed E-state index contributed by atoms with van der Waals surface area (Å²) in [6.07, 6.45) is -2.97. The van der Waals surface area contributed by atoms with Crippen molar-refractivity contribution in [2.45, 2.75) is 12.8 Å². The third-order valence-corrected chi connectivity index (χ3v) is 2.90. The Hall–Kier alpha value is -0.560. The molecule has 0 atom stereocenters. The molecule has 0 spiro atoms. The number of hydrogen-bond acceptors (Lipinski definition) is 2. The second kappa shape index (κ2) is 4.98. The van der Waals surface area contributed by atoms with Gasteiger partial charge in [-0.1, -0.05) is 0 Å². The van der Waals surface area contributed by atoms with Gasteiger partial charge in [0.15, 0.2) is 0 Å². The molecule has 7 heteroatoms. The van der Waals surface area contributed by atoms with Gasteiger partial charge in [0.05, 0.1) is 6.42 Å². The molecular formula is C8H5Br2F2NO2. The number of aromatic nitrogens is 1. The van der Waals surface area contributed by atoms with Gasteiger partial charge in [-0.05, 0) is 43.5 Å². The highest BCUT2D eigenvalue weighted by Crippen LogP contribution is 2.29. The maximum Gasteiger partial charge on any atom is 0.307 e. The van der Waals surface area contributed by atoms with Crippen molar-refractivity contribution in [2.24, 2.45) is 0 Å². The number of pyridine rings is 1. The number of rotatable bonds is 3. The molecule has 15 heavy (non-hydrogen) atoms. The maximum absolute atomic E-state index is 12.4. The lowest BCUT2D eigenvalue weighted by atomic mass is 10.2. The zero-order valence-electron chi connectivity index (χ0n) is 7.18. The summed E-state index contributed by atoms with van der Waals surface area (Å²) in [6.45, 7) is 0. The molecule has 1 rings (SSSR count). The summed E-state index contributed by atoms with van der Waals surface area (Å²) in [5.74, 6) is -1.05. The zero-order valence-corrected chi connectivity index (χ0v) is 10.3. The van der Waals surface area contributed by atoms with Crippen LogP contribution in [0.15, 0.2) is 15.1 Å². The Morgan fingerprint density at radius 3 is 2.60 bits per heavy atom. The number of carboxylic acids is 1. The highest BCUT2D eigenvalue weighted by Gasteiger charge is 2.17. The van der Waals surface area contributed by atoms with Crippen molar-refractivity contribution in [3.63, 3.8) is 0 Å². The molecule has 0 aliphatic rings. The number of carbonyl (C=O) groups is 1. The molecule has 0 fully saturated rings. The van der Waals surface area contributed by atoms with Crippen LogP contribution >= 0.6 is 31.9 Å². The van der Waals surface area contributed by atoms with Crippen LogP contribution in [0.2, 0.25) is 0 Å². The van der Waals surface area contributed by atoms with Crippen LogP contribution < -0.4 is 0 Å². The summed E-state index contributed by atoms with van der Waals surface area (Å²) < 4.78 is 25.0. The minimum atomic E-state index is -2.70. The molecule has 0 amide bonds. The van der Waals surface area contributed by atoms with Crippen LogP contribution in [0.3, 0.4) is 0 Å². The molecule has 0 unspecified atom stereocenters. The van der Waals surface area contributed by atoms with E-state index in [0.29, 0.717) is 5.56 Å². The Bertz CT molecular complexity index is 398. The fourth-order valence-corrected chi connectivity index (χ4v) is 1.94. The summed E-state index contributed by atoms with van der Waals surface area (Å²) >= 11 is 5.86. The Morgan fingerprint density at radius 1 is 1.53 bits per heavy atom. The predicted octanol–water partition coefficient (Wildman–Crippen LogP) is 3.17. The second-order valence-electron chi connectivity index (χ2n) is 2.68. The number of aliphatic carboxylic acids is 1. The zero-order chi connectivity index (χ0) is 11.6. The quantitative estimate of drug-likeness (QED) is 0.857. The predicted molar refractivity (Wildman–Crippen MR) is 55.9 cm³/mol. The van der Waals surface area contributed by atoms with E-state index in [2.05, 4.69) is 36.8 Å². The van der Waals surface area contributed by atoms with Gasteiger partial charge in [-0.15, -0.1) is 0 Å². The molecule has 0 saturated heterocycles. The molecule has 0 aliphatic carbocycles. The van der Waals surface area contributed by atoms with Gasteiger partial charge in [0.25, 0.3) is 6.43 Å². The average Bonchev–Trinajstić information content (AvgIpc) is 2.09. The van der Waals surface area contributed by atoms with Gasteiger partial charge >= 0.3 is 5.97 Å². The smallest absolute Gasteiger partial charge is 0.307 e. The number of halogens is 4. The molecule has 1 aromatic heterocycles. The molecule has 0 bridgehead atoms. The Balaban J connectivity index is 3.13. The lowest BCUT2D eigenvalue weighted by molar-refractivity contribution is -0.136.